The summed E-state index contributed by atoms with van der Waals surface area (Å²) in [5.41, 5.74) is 2.51. The molecule has 5 nitrogen and oxygen atoms in total. The maximum atomic E-state index is 12.0. The van der Waals surface area contributed by atoms with Crippen LogP contribution in [0.4, 0.5) is 11.4 Å². The minimum Gasteiger partial charge on any atom is -0.459 e. The molecule has 0 spiro atoms. The summed E-state index contributed by atoms with van der Waals surface area (Å²) in [4.78, 5) is 23.9. The highest BCUT2D eigenvalue weighted by atomic mass is 32.2. The predicted molar refractivity (Wildman–Crippen MR) is 104 cm³/mol. The van der Waals surface area contributed by atoms with Gasteiger partial charge in [0.2, 0.25) is 5.91 Å². The van der Waals surface area contributed by atoms with Crippen LogP contribution in [0.2, 0.25) is 0 Å². The Morgan fingerprint density at radius 2 is 1.54 bits per heavy atom. The molecule has 0 atom stereocenters. The van der Waals surface area contributed by atoms with Crippen molar-refractivity contribution in [3.8, 4) is 0 Å². The number of nitrogens with one attached hydrogen (secondary N) is 2. The third kappa shape index (κ3) is 5.26. The number of furan rings is 1. The van der Waals surface area contributed by atoms with Gasteiger partial charge in [-0.1, -0.05) is 30.3 Å². The van der Waals surface area contributed by atoms with Gasteiger partial charge >= 0.3 is 0 Å². The Morgan fingerprint density at radius 3 is 2.19 bits per heavy atom. The van der Waals surface area contributed by atoms with E-state index >= 15 is 0 Å². The van der Waals surface area contributed by atoms with Crippen molar-refractivity contribution in [1.29, 1.82) is 0 Å². The molecule has 3 rings (SSSR count). The molecule has 6 heteroatoms. The summed E-state index contributed by atoms with van der Waals surface area (Å²) in [7, 11) is 0. The molecule has 0 radical (unpaired) electrons. The van der Waals surface area contributed by atoms with E-state index in [9.17, 15) is 9.59 Å². The fraction of sp³-hybridized carbons (Fsp3) is 0.100. The number of thioether (sulfide) groups is 1. The van der Waals surface area contributed by atoms with Crippen LogP contribution in [0.15, 0.2) is 77.4 Å². The molecule has 2 aromatic carbocycles. The molecule has 1 aromatic heterocycles. The van der Waals surface area contributed by atoms with Gasteiger partial charge in [-0.3, -0.25) is 9.59 Å². The van der Waals surface area contributed by atoms with Crippen LogP contribution in [-0.4, -0.2) is 17.6 Å². The molecule has 0 bridgehead atoms. The zero-order valence-electron chi connectivity index (χ0n) is 14.0. The summed E-state index contributed by atoms with van der Waals surface area (Å²) in [5, 5.41) is 5.57. The summed E-state index contributed by atoms with van der Waals surface area (Å²) in [6, 6.07) is 20.2. The van der Waals surface area contributed by atoms with Gasteiger partial charge in [-0.15, -0.1) is 11.8 Å². The van der Waals surface area contributed by atoms with Crippen LogP contribution in [0.1, 0.15) is 16.1 Å². The average Bonchev–Trinajstić information content (AvgIpc) is 3.19. The fourth-order valence-corrected chi connectivity index (χ4v) is 3.06. The molecule has 0 saturated heterocycles. The van der Waals surface area contributed by atoms with E-state index in [4.69, 9.17) is 4.42 Å². The van der Waals surface area contributed by atoms with Gasteiger partial charge in [-0.2, -0.15) is 0 Å². The topological polar surface area (TPSA) is 71.3 Å². The molecule has 26 heavy (non-hydrogen) atoms. The van der Waals surface area contributed by atoms with Gasteiger partial charge < -0.3 is 15.1 Å². The smallest absolute Gasteiger partial charge is 0.291 e. The van der Waals surface area contributed by atoms with Gasteiger partial charge in [0, 0.05) is 17.1 Å². The molecular weight excluding hydrogens is 348 g/mol. The predicted octanol–water partition coefficient (Wildman–Crippen LogP) is 4.40. The first-order valence-corrected chi connectivity index (χ1v) is 9.22. The van der Waals surface area contributed by atoms with Crippen molar-refractivity contribution in [2.45, 2.75) is 5.75 Å². The molecule has 0 fully saturated rings. The number of anilines is 2. The van der Waals surface area contributed by atoms with Gasteiger partial charge in [-0.05, 0) is 42.0 Å². The van der Waals surface area contributed by atoms with E-state index in [1.54, 1.807) is 48.2 Å². The number of rotatable bonds is 7. The molecule has 0 aliphatic carbocycles. The Labute approximate surface area is 155 Å². The monoisotopic (exact) mass is 366 g/mol. The van der Waals surface area contributed by atoms with Crippen LogP contribution in [0.3, 0.4) is 0 Å². The number of hydrogen-bond acceptors (Lipinski definition) is 4. The van der Waals surface area contributed by atoms with Crippen LogP contribution in [0.5, 0.6) is 0 Å². The Kier molecular flexibility index (Phi) is 6.11. The zero-order valence-corrected chi connectivity index (χ0v) is 14.8. The van der Waals surface area contributed by atoms with Gasteiger partial charge in [0.05, 0.1) is 12.0 Å². The van der Waals surface area contributed by atoms with Crippen LogP contribution in [0, 0.1) is 0 Å². The van der Waals surface area contributed by atoms with Crippen LogP contribution >= 0.6 is 11.8 Å². The third-order valence-corrected chi connectivity index (χ3v) is 4.52. The largest absolute Gasteiger partial charge is 0.459 e. The summed E-state index contributed by atoms with van der Waals surface area (Å²) >= 11 is 1.56. The zero-order chi connectivity index (χ0) is 18.2. The van der Waals surface area contributed by atoms with Crippen molar-refractivity contribution in [3.05, 3.63) is 84.3 Å². The SMILES string of the molecule is O=C(CSCc1ccccc1)Nc1ccc(NC(=O)c2ccco2)cc1. The molecule has 0 saturated carbocycles. The Hall–Kier alpha value is -2.99. The normalized spacial score (nSPS) is 10.3. The maximum Gasteiger partial charge on any atom is 0.291 e. The second-order valence-corrected chi connectivity index (χ2v) is 6.52. The third-order valence-electron chi connectivity index (χ3n) is 3.52. The summed E-state index contributed by atoms with van der Waals surface area (Å²) < 4.78 is 5.04. The second kappa shape index (κ2) is 8.92. The summed E-state index contributed by atoms with van der Waals surface area (Å²) in [6.07, 6.45) is 1.45. The molecule has 2 N–H and O–H groups in total. The van der Waals surface area contributed by atoms with Crippen LogP contribution < -0.4 is 10.6 Å². The van der Waals surface area contributed by atoms with E-state index in [1.165, 1.54) is 11.8 Å². The lowest BCUT2D eigenvalue weighted by atomic mass is 10.2. The summed E-state index contributed by atoms with van der Waals surface area (Å²) in [5.74, 6) is 1.05. The first-order chi connectivity index (χ1) is 12.7. The Balaban J connectivity index is 1.44. The van der Waals surface area contributed by atoms with E-state index in [-0.39, 0.29) is 17.6 Å². The van der Waals surface area contributed by atoms with Crippen molar-refractivity contribution >= 4 is 35.0 Å². The van der Waals surface area contributed by atoms with Crippen LogP contribution in [0.25, 0.3) is 0 Å². The Bertz CT molecular complexity index is 847. The van der Waals surface area contributed by atoms with Crippen molar-refractivity contribution in [3.63, 3.8) is 0 Å². The molecule has 1 heterocycles. The molecular formula is C20H18N2O3S. The number of carbonyl (C=O) groups is 2. The number of amides is 2. The minimum atomic E-state index is -0.316. The lowest BCUT2D eigenvalue weighted by Crippen LogP contribution is -2.14. The first-order valence-electron chi connectivity index (χ1n) is 8.07. The van der Waals surface area contributed by atoms with Gasteiger partial charge in [0.1, 0.15) is 0 Å². The fourth-order valence-electron chi connectivity index (χ4n) is 2.27. The first kappa shape index (κ1) is 17.8. The van der Waals surface area contributed by atoms with Crippen molar-refractivity contribution in [2.24, 2.45) is 0 Å². The Morgan fingerprint density at radius 1 is 0.846 bits per heavy atom. The van der Waals surface area contributed by atoms with E-state index in [0.29, 0.717) is 17.1 Å². The van der Waals surface area contributed by atoms with Crippen molar-refractivity contribution in [2.75, 3.05) is 16.4 Å². The minimum absolute atomic E-state index is 0.0571. The maximum absolute atomic E-state index is 12.0. The van der Waals surface area contributed by atoms with Crippen molar-refractivity contribution in [1.82, 2.24) is 0 Å². The van der Waals surface area contributed by atoms with Crippen molar-refractivity contribution < 1.29 is 14.0 Å². The highest BCUT2D eigenvalue weighted by Crippen LogP contribution is 2.16. The quantitative estimate of drug-likeness (QED) is 0.650. The number of hydrogen-bond donors (Lipinski definition) is 2. The molecule has 0 aliphatic heterocycles. The molecule has 2 amide bonds. The van der Waals surface area contributed by atoms with Gasteiger partial charge in [-0.25, -0.2) is 0 Å². The van der Waals surface area contributed by atoms with E-state index < -0.39 is 0 Å². The van der Waals surface area contributed by atoms with Gasteiger partial charge in [0.15, 0.2) is 5.76 Å². The number of benzene rings is 2. The number of carbonyl (C=O) groups excluding carboxylic acids is 2. The molecule has 132 valence electrons. The van der Waals surface area contributed by atoms with E-state index in [2.05, 4.69) is 10.6 Å². The van der Waals surface area contributed by atoms with Gasteiger partial charge in [0.25, 0.3) is 5.91 Å². The lowest BCUT2D eigenvalue weighted by molar-refractivity contribution is -0.113. The second-order valence-electron chi connectivity index (χ2n) is 5.54. The highest BCUT2D eigenvalue weighted by Gasteiger charge is 2.09. The highest BCUT2D eigenvalue weighted by molar-refractivity contribution is 7.99. The summed E-state index contributed by atoms with van der Waals surface area (Å²) in [6.45, 7) is 0. The average molecular weight is 366 g/mol. The molecule has 0 aliphatic rings. The standard InChI is InChI=1S/C20H18N2O3S/c23-19(14-26-13-15-5-2-1-3-6-15)21-16-8-10-17(11-9-16)22-20(24)18-7-4-12-25-18/h1-12H,13-14H2,(H,21,23)(H,22,24). The molecule has 0 unspecified atom stereocenters. The van der Waals surface area contributed by atoms with E-state index in [1.807, 2.05) is 30.3 Å². The molecule has 3 aromatic rings. The lowest BCUT2D eigenvalue weighted by Gasteiger charge is -2.07. The van der Waals surface area contributed by atoms with E-state index in [0.717, 1.165) is 5.75 Å². The van der Waals surface area contributed by atoms with Crippen LogP contribution in [-0.2, 0) is 10.5 Å².